The second kappa shape index (κ2) is 8.38. The van der Waals surface area contributed by atoms with Gasteiger partial charge in [-0.15, -0.1) is 17.9 Å². The highest BCUT2D eigenvalue weighted by Gasteiger charge is 2.31. The van der Waals surface area contributed by atoms with Crippen molar-refractivity contribution in [2.45, 2.75) is 20.8 Å². The lowest BCUT2D eigenvalue weighted by atomic mass is 10.1. The first-order chi connectivity index (χ1) is 13.3. The molecule has 0 saturated carbocycles. The molecule has 0 unspecified atom stereocenters. The Morgan fingerprint density at radius 1 is 1.36 bits per heavy atom. The van der Waals surface area contributed by atoms with E-state index in [1.54, 1.807) is 17.1 Å². The molecule has 1 fully saturated rings. The van der Waals surface area contributed by atoms with Crippen LogP contribution in [0.5, 0.6) is 0 Å². The van der Waals surface area contributed by atoms with Crippen LogP contribution in [-0.2, 0) is 9.59 Å². The van der Waals surface area contributed by atoms with Gasteiger partial charge in [0.2, 0.25) is 5.91 Å². The highest BCUT2D eigenvalue weighted by Crippen LogP contribution is 2.36. The van der Waals surface area contributed by atoms with E-state index in [1.165, 1.54) is 34.9 Å². The van der Waals surface area contributed by atoms with Crippen LogP contribution in [-0.4, -0.2) is 32.6 Å². The molecule has 0 aliphatic carbocycles. The summed E-state index contributed by atoms with van der Waals surface area (Å²) in [5.74, 6) is -0.266. The van der Waals surface area contributed by atoms with Crippen LogP contribution in [0.2, 0.25) is 0 Å². The van der Waals surface area contributed by atoms with Gasteiger partial charge in [0.05, 0.1) is 16.3 Å². The lowest BCUT2D eigenvalue weighted by Gasteiger charge is -2.22. The number of thiocarbonyl (C=S) groups is 1. The molecule has 1 aliphatic rings. The number of rotatable bonds is 5. The topological polar surface area (TPSA) is 53.5 Å². The van der Waals surface area contributed by atoms with Gasteiger partial charge in [0, 0.05) is 18.8 Å². The Morgan fingerprint density at radius 3 is 2.64 bits per heavy atom. The molecule has 0 radical (unpaired) electrons. The molecule has 1 aromatic heterocycles. The number of carbonyl (C=O) groups is 2. The van der Waals surface area contributed by atoms with Crippen LogP contribution in [0.1, 0.15) is 23.7 Å². The predicted octanol–water partition coefficient (Wildman–Crippen LogP) is 4.83. The number of thioether (sulfide) groups is 1. The molecule has 0 spiro atoms. The van der Waals surface area contributed by atoms with Gasteiger partial charge in [-0.25, -0.2) is 4.98 Å². The first kappa shape index (κ1) is 20.4. The summed E-state index contributed by atoms with van der Waals surface area (Å²) in [5, 5.41) is 2.40. The second-order valence-corrected chi connectivity index (χ2v) is 8.74. The van der Waals surface area contributed by atoms with E-state index in [0.29, 0.717) is 26.6 Å². The highest BCUT2D eigenvalue weighted by molar-refractivity contribution is 8.26. The highest BCUT2D eigenvalue weighted by atomic mass is 32.2. The van der Waals surface area contributed by atoms with Crippen LogP contribution in [0, 0.1) is 13.8 Å². The van der Waals surface area contributed by atoms with Gasteiger partial charge in [-0.2, -0.15) is 0 Å². The fourth-order valence-corrected chi connectivity index (χ4v) is 5.00. The summed E-state index contributed by atoms with van der Waals surface area (Å²) in [6, 6.07) is 5.90. The Bertz CT molecular complexity index is 990. The first-order valence-corrected chi connectivity index (χ1v) is 10.6. The summed E-state index contributed by atoms with van der Waals surface area (Å²) in [5.41, 5.74) is 3.46. The SMILES string of the molecule is C=CCN1C(=O)C(=Cc2csc(N(C(C)=O)c3c(C)cccc3C)n2)SC1=S. The fourth-order valence-electron chi connectivity index (χ4n) is 2.91. The summed E-state index contributed by atoms with van der Waals surface area (Å²) in [4.78, 5) is 33.1. The van der Waals surface area contributed by atoms with Gasteiger partial charge in [0.1, 0.15) is 4.32 Å². The number of aryl methyl sites for hydroxylation is 2. The minimum absolute atomic E-state index is 0.115. The number of anilines is 2. The molecule has 2 heterocycles. The number of carbonyl (C=O) groups excluding carboxylic acids is 2. The van der Waals surface area contributed by atoms with Crippen LogP contribution in [0.25, 0.3) is 6.08 Å². The van der Waals surface area contributed by atoms with Crippen LogP contribution >= 0.6 is 35.3 Å². The van der Waals surface area contributed by atoms with E-state index >= 15 is 0 Å². The number of para-hydroxylation sites is 1. The summed E-state index contributed by atoms with van der Waals surface area (Å²) in [6.07, 6.45) is 3.36. The van der Waals surface area contributed by atoms with Gasteiger partial charge < -0.3 is 0 Å². The zero-order valence-corrected chi connectivity index (χ0v) is 18.2. The van der Waals surface area contributed by atoms with Crippen molar-refractivity contribution in [3.05, 3.63) is 58.0 Å². The Kier molecular flexibility index (Phi) is 6.12. The van der Waals surface area contributed by atoms with Gasteiger partial charge in [-0.1, -0.05) is 48.3 Å². The maximum absolute atomic E-state index is 12.5. The van der Waals surface area contributed by atoms with E-state index in [2.05, 4.69) is 11.6 Å². The standard InChI is InChI=1S/C20H19N3O2S3/c1-5-9-22-18(25)16(28-20(22)26)10-15-11-27-19(21-15)23(14(4)24)17-12(2)7-6-8-13(17)3/h5-8,10-11H,1,9H2,2-4H3. The minimum Gasteiger partial charge on any atom is -0.289 e. The third-order valence-electron chi connectivity index (χ3n) is 4.14. The van der Waals surface area contributed by atoms with Crippen molar-refractivity contribution >= 4 is 68.3 Å². The third kappa shape index (κ3) is 3.94. The van der Waals surface area contributed by atoms with Crippen LogP contribution in [0.15, 0.2) is 41.1 Å². The Hall–Kier alpha value is -2.29. The predicted molar refractivity (Wildman–Crippen MR) is 121 cm³/mol. The van der Waals surface area contributed by atoms with Gasteiger partial charge in [-0.05, 0) is 31.1 Å². The summed E-state index contributed by atoms with van der Waals surface area (Å²) in [7, 11) is 0. The van der Waals surface area contributed by atoms with Crippen LogP contribution < -0.4 is 4.90 Å². The summed E-state index contributed by atoms with van der Waals surface area (Å²) < 4.78 is 0.507. The second-order valence-electron chi connectivity index (χ2n) is 6.23. The Morgan fingerprint density at radius 2 is 2.04 bits per heavy atom. The smallest absolute Gasteiger partial charge is 0.266 e. The van der Waals surface area contributed by atoms with E-state index < -0.39 is 0 Å². The van der Waals surface area contributed by atoms with E-state index in [9.17, 15) is 9.59 Å². The molecule has 8 heteroatoms. The van der Waals surface area contributed by atoms with Crippen LogP contribution in [0.4, 0.5) is 10.8 Å². The van der Waals surface area contributed by atoms with Gasteiger partial charge in [0.15, 0.2) is 5.13 Å². The zero-order chi connectivity index (χ0) is 20.4. The lowest BCUT2D eigenvalue weighted by Crippen LogP contribution is -2.27. The van der Waals surface area contributed by atoms with Crippen molar-refractivity contribution in [1.29, 1.82) is 0 Å². The maximum Gasteiger partial charge on any atom is 0.266 e. The van der Waals surface area contributed by atoms with Gasteiger partial charge >= 0.3 is 0 Å². The number of thiazole rings is 1. The number of nitrogens with zero attached hydrogens (tertiary/aromatic N) is 3. The average Bonchev–Trinajstić information content (AvgIpc) is 3.18. The molecule has 0 N–H and O–H groups in total. The molecule has 0 atom stereocenters. The lowest BCUT2D eigenvalue weighted by molar-refractivity contribution is -0.121. The van der Waals surface area contributed by atoms with Crippen molar-refractivity contribution in [2.24, 2.45) is 0 Å². The van der Waals surface area contributed by atoms with Crippen LogP contribution in [0.3, 0.4) is 0 Å². The third-order valence-corrected chi connectivity index (χ3v) is 6.37. The molecule has 2 aromatic rings. The Labute approximate surface area is 177 Å². The number of aromatic nitrogens is 1. The Balaban J connectivity index is 1.95. The van der Waals surface area contributed by atoms with Crippen molar-refractivity contribution in [3.8, 4) is 0 Å². The molecule has 1 aliphatic heterocycles. The molecule has 144 valence electrons. The molecule has 5 nitrogen and oxygen atoms in total. The van der Waals surface area contributed by atoms with Crippen molar-refractivity contribution < 1.29 is 9.59 Å². The molecule has 1 saturated heterocycles. The van der Waals surface area contributed by atoms with Crippen molar-refractivity contribution in [1.82, 2.24) is 9.88 Å². The molecule has 28 heavy (non-hydrogen) atoms. The summed E-state index contributed by atoms with van der Waals surface area (Å²) >= 11 is 7.87. The molecular formula is C20H19N3O2S3. The van der Waals surface area contributed by atoms with Gasteiger partial charge in [0.25, 0.3) is 5.91 Å². The molecule has 2 amide bonds. The van der Waals surface area contributed by atoms with E-state index in [0.717, 1.165) is 16.8 Å². The van der Waals surface area contributed by atoms with Crippen molar-refractivity contribution in [3.63, 3.8) is 0 Å². The number of benzene rings is 1. The first-order valence-electron chi connectivity index (χ1n) is 8.52. The van der Waals surface area contributed by atoms with Crippen molar-refractivity contribution in [2.75, 3.05) is 11.4 Å². The number of hydrogen-bond acceptors (Lipinski definition) is 6. The van der Waals surface area contributed by atoms with E-state index in [-0.39, 0.29) is 11.8 Å². The molecule has 0 bridgehead atoms. The zero-order valence-electron chi connectivity index (χ0n) is 15.8. The summed E-state index contributed by atoms with van der Waals surface area (Å²) in [6.45, 7) is 9.50. The van der Waals surface area contributed by atoms with E-state index in [4.69, 9.17) is 12.2 Å². The quantitative estimate of drug-likeness (QED) is 0.387. The normalized spacial score (nSPS) is 15.4. The number of amides is 2. The molecule has 1 aromatic carbocycles. The average molecular weight is 430 g/mol. The largest absolute Gasteiger partial charge is 0.289 e. The molecule has 3 rings (SSSR count). The fraction of sp³-hybridized carbons (Fsp3) is 0.200. The molecular weight excluding hydrogens is 410 g/mol. The van der Waals surface area contributed by atoms with Gasteiger partial charge in [-0.3, -0.25) is 19.4 Å². The maximum atomic E-state index is 12.5. The monoisotopic (exact) mass is 429 g/mol. The number of hydrogen-bond donors (Lipinski definition) is 0. The minimum atomic E-state index is -0.150. The van der Waals surface area contributed by atoms with E-state index in [1.807, 2.05) is 37.4 Å².